The van der Waals surface area contributed by atoms with E-state index in [9.17, 15) is 9.59 Å². The van der Waals surface area contributed by atoms with Gasteiger partial charge in [-0.15, -0.1) is 0 Å². The van der Waals surface area contributed by atoms with E-state index >= 15 is 0 Å². The summed E-state index contributed by atoms with van der Waals surface area (Å²) in [5, 5.41) is 0. The second-order valence-corrected chi connectivity index (χ2v) is 2.09. The molecule has 12 heavy (non-hydrogen) atoms. The molecule has 0 atom stereocenters. The molecule has 0 aromatic heterocycles. The maximum atomic E-state index is 10.9. The number of rotatable bonds is 4. The minimum absolute atomic E-state index is 0.354. The number of carbonyl (C=O) groups excluding carboxylic acids is 2. The first kappa shape index (κ1) is 10.6. The van der Waals surface area contributed by atoms with Crippen LogP contribution in [0.1, 0.15) is 13.8 Å². The van der Waals surface area contributed by atoms with Gasteiger partial charge in [0.05, 0.1) is 6.61 Å². The van der Waals surface area contributed by atoms with E-state index < -0.39 is 0 Å². The van der Waals surface area contributed by atoms with Crippen molar-refractivity contribution in [3.05, 3.63) is 23.8 Å². The smallest absolute Gasteiger partial charge is 0.333 e. The van der Waals surface area contributed by atoms with Crippen LogP contribution in [0.4, 0.5) is 0 Å². The van der Waals surface area contributed by atoms with Gasteiger partial charge in [0.2, 0.25) is 0 Å². The van der Waals surface area contributed by atoms with Crippen molar-refractivity contribution in [2.24, 2.45) is 0 Å². The lowest BCUT2D eigenvalue weighted by Gasteiger charge is -1.98. The van der Waals surface area contributed by atoms with Crippen LogP contribution in [0.15, 0.2) is 23.8 Å². The molecule has 0 saturated carbocycles. The molecule has 0 aromatic rings. The Kier molecular flexibility index (Phi) is 5.61. The monoisotopic (exact) mass is 168 g/mol. The Morgan fingerprint density at radius 3 is 2.58 bits per heavy atom. The van der Waals surface area contributed by atoms with E-state index in [0.29, 0.717) is 18.5 Å². The summed E-state index contributed by atoms with van der Waals surface area (Å²) in [6.07, 6.45) is 4.99. The van der Waals surface area contributed by atoms with Crippen molar-refractivity contribution >= 4 is 12.3 Å². The van der Waals surface area contributed by atoms with Gasteiger partial charge in [-0.1, -0.05) is 12.2 Å². The lowest BCUT2D eigenvalue weighted by molar-refractivity contribution is -0.138. The summed E-state index contributed by atoms with van der Waals surface area (Å²) in [7, 11) is 0. The summed E-state index contributed by atoms with van der Waals surface area (Å²) < 4.78 is 4.70. The Morgan fingerprint density at radius 1 is 1.42 bits per heavy atom. The van der Waals surface area contributed by atoms with Gasteiger partial charge < -0.3 is 4.74 Å². The summed E-state index contributed by atoms with van der Waals surface area (Å²) >= 11 is 0. The molecule has 0 N–H and O–H groups in total. The number of hydrogen-bond donors (Lipinski definition) is 0. The zero-order chi connectivity index (χ0) is 9.40. The fourth-order valence-electron chi connectivity index (χ4n) is 0.558. The van der Waals surface area contributed by atoms with Crippen LogP contribution >= 0.6 is 0 Å². The van der Waals surface area contributed by atoms with E-state index in [1.165, 1.54) is 18.2 Å². The average molecular weight is 168 g/mol. The summed E-state index contributed by atoms with van der Waals surface area (Å²) in [5.74, 6) is -0.354. The van der Waals surface area contributed by atoms with Crippen LogP contribution in [-0.4, -0.2) is 18.9 Å². The van der Waals surface area contributed by atoms with Crippen molar-refractivity contribution in [2.75, 3.05) is 6.61 Å². The van der Waals surface area contributed by atoms with Crippen molar-refractivity contribution in [3.63, 3.8) is 0 Å². The quantitative estimate of drug-likeness (QED) is 0.274. The Bertz CT molecular complexity index is 214. The molecule has 0 saturated heterocycles. The van der Waals surface area contributed by atoms with Gasteiger partial charge in [0.1, 0.15) is 6.29 Å². The summed E-state index contributed by atoms with van der Waals surface area (Å²) in [5.41, 5.74) is 0.481. The highest BCUT2D eigenvalue weighted by Crippen LogP contribution is 1.96. The van der Waals surface area contributed by atoms with Crippen molar-refractivity contribution in [1.82, 2.24) is 0 Å². The molecule has 0 spiro atoms. The number of aldehydes is 1. The number of carbonyl (C=O) groups is 2. The standard InChI is InChI=1S/C9H12O3/c1-3-12-9(11)8(2)6-4-5-7-10/h4-7H,3H2,1-2H3/b5-4+,8-6+. The highest BCUT2D eigenvalue weighted by Gasteiger charge is 2.01. The van der Waals surface area contributed by atoms with Crippen LogP contribution in [0, 0.1) is 0 Å². The number of ether oxygens (including phenoxy) is 1. The van der Waals surface area contributed by atoms with Gasteiger partial charge in [0.25, 0.3) is 0 Å². The predicted molar refractivity (Wildman–Crippen MR) is 45.6 cm³/mol. The topological polar surface area (TPSA) is 43.4 Å². The molecule has 66 valence electrons. The minimum Gasteiger partial charge on any atom is -0.463 e. The maximum absolute atomic E-state index is 10.9. The largest absolute Gasteiger partial charge is 0.463 e. The van der Waals surface area contributed by atoms with Gasteiger partial charge in [0.15, 0.2) is 0 Å². The van der Waals surface area contributed by atoms with Crippen molar-refractivity contribution in [3.8, 4) is 0 Å². The van der Waals surface area contributed by atoms with E-state index in [1.807, 2.05) is 0 Å². The lowest BCUT2D eigenvalue weighted by atomic mass is 10.3. The normalized spacial score (nSPS) is 11.7. The molecule has 3 nitrogen and oxygen atoms in total. The molecule has 0 rings (SSSR count). The second kappa shape index (κ2) is 6.34. The molecule has 0 fully saturated rings. The number of hydrogen-bond acceptors (Lipinski definition) is 3. The summed E-state index contributed by atoms with van der Waals surface area (Å²) in [6.45, 7) is 3.74. The molecule has 0 aromatic carbocycles. The summed E-state index contributed by atoms with van der Waals surface area (Å²) in [6, 6.07) is 0. The van der Waals surface area contributed by atoms with Crippen LogP contribution in [0.3, 0.4) is 0 Å². The Balaban J connectivity index is 4.07. The third kappa shape index (κ3) is 4.44. The van der Waals surface area contributed by atoms with E-state index in [-0.39, 0.29) is 5.97 Å². The third-order valence-electron chi connectivity index (χ3n) is 1.13. The van der Waals surface area contributed by atoms with Crippen molar-refractivity contribution < 1.29 is 14.3 Å². The minimum atomic E-state index is -0.354. The van der Waals surface area contributed by atoms with Gasteiger partial charge >= 0.3 is 5.97 Å². The van der Waals surface area contributed by atoms with E-state index in [0.717, 1.165) is 0 Å². The fourth-order valence-corrected chi connectivity index (χ4v) is 0.558. The Hall–Kier alpha value is -1.38. The van der Waals surface area contributed by atoms with Crippen LogP contribution in [0.25, 0.3) is 0 Å². The molecule has 3 heteroatoms. The molecule has 0 unspecified atom stereocenters. The maximum Gasteiger partial charge on any atom is 0.333 e. The molecule has 0 bridgehead atoms. The zero-order valence-corrected chi connectivity index (χ0v) is 7.24. The zero-order valence-electron chi connectivity index (χ0n) is 7.24. The number of allylic oxidation sites excluding steroid dienone is 3. The van der Waals surface area contributed by atoms with Crippen LogP contribution < -0.4 is 0 Å². The van der Waals surface area contributed by atoms with E-state index in [4.69, 9.17) is 4.74 Å². The van der Waals surface area contributed by atoms with Gasteiger partial charge in [-0.25, -0.2) is 4.79 Å². The van der Waals surface area contributed by atoms with Crippen LogP contribution in [0.5, 0.6) is 0 Å². The first-order valence-corrected chi connectivity index (χ1v) is 3.68. The van der Waals surface area contributed by atoms with E-state index in [2.05, 4.69) is 0 Å². The molecular weight excluding hydrogens is 156 g/mol. The fraction of sp³-hybridized carbons (Fsp3) is 0.333. The van der Waals surface area contributed by atoms with Crippen LogP contribution in [0.2, 0.25) is 0 Å². The molecule has 0 heterocycles. The third-order valence-corrected chi connectivity index (χ3v) is 1.13. The predicted octanol–water partition coefficient (Wildman–Crippen LogP) is 1.25. The van der Waals surface area contributed by atoms with Gasteiger partial charge in [-0.3, -0.25) is 4.79 Å². The van der Waals surface area contributed by atoms with Crippen molar-refractivity contribution in [1.29, 1.82) is 0 Å². The molecule has 0 aliphatic carbocycles. The number of esters is 1. The Labute approximate surface area is 71.7 Å². The highest BCUT2D eigenvalue weighted by molar-refractivity contribution is 5.88. The molecule has 0 amide bonds. The SMILES string of the molecule is CCOC(=O)/C(C)=C/C=C/C=O. The molecule has 0 aliphatic heterocycles. The second-order valence-electron chi connectivity index (χ2n) is 2.09. The Morgan fingerprint density at radius 2 is 2.08 bits per heavy atom. The summed E-state index contributed by atoms with van der Waals surface area (Å²) in [4.78, 5) is 20.8. The molecule has 0 radical (unpaired) electrons. The van der Waals surface area contributed by atoms with Crippen LogP contribution in [-0.2, 0) is 14.3 Å². The van der Waals surface area contributed by atoms with Gasteiger partial charge in [-0.2, -0.15) is 0 Å². The highest BCUT2D eigenvalue weighted by atomic mass is 16.5. The molecular formula is C9H12O3. The van der Waals surface area contributed by atoms with Crippen molar-refractivity contribution in [2.45, 2.75) is 13.8 Å². The average Bonchev–Trinajstić information content (AvgIpc) is 2.05. The van der Waals surface area contributed by atoms with E-state index in [1.54, 1.807) is 13.8 Å². The molecule has 0 aliphatic rings. The van der Waals surface area contributed by atoms with Gasteiger partial charge in [0, 0.05) is 5.57 Å². The van der Waals surface area contributed by atoms with Gasteiger partial charge in [-0.05, 0) is 19.9 Å². The lowest BCUT2D eigenvalue weighted by Crippen LogP contribution is -2.04. The first-order chi connectivity index (χ1) is 5.72. The first-order valence-electron chi connectivity index (χ1n) is 3.68.